The van der Waals surface area contributed by atoms with E-state index >= 15 is 0 Å². The fraction of sp³-hybridized carbons (Fsp3) is 0.333. The lowest BCUT2D eigenvalue weighted by Crippen LogP contribution is -2.52. The third-order valence-corrected chi connectivity index (χ3v) is 5.27. The maximum absolute atomic E-state index is 12.5. The summed E-state index contributed by atoms with van der Waals surface area (Å²) < 4.78 is 0. The van der Waals surface area contributed by atoms with Crippen molar-refractivity contribution < 1.29 is 4.79 Å². The van der Waals surface area contributed by atoms with Crippen molar-refractivity contribution in [1.29, 1.82) is 5.26 Å². The monoisotopic (exact) mass is 382 g/mol. The highest BCUT2D eigenvalue weighted by Crippen LogP contribution is 2.30. The summed E-state index contributed by atoms with van der Waals surface area (Å²) in [5.74, 6) is 0.172. The van der Waals surface area contributed by atoms with Crippen LogP contribution in [0.25, 0.3) is 0 Å². The molecule has 0 saturated heterocycles. The van der Waals surface area contributed by atoms with Gasteiger partial charge in [-0.25, -0.2) is 0 Å². The van der Waals surface area contributed by atoms with Gasteiger partial charge in [-0.05, 0) is 55.2 Å². The number of anilines is 2. The Balaban J connectivity index is 1.68. The second-order valence-corrected chi connectivity index (χ2v) is 7.49. The Morgan fingerprint density at radius 2 is 2.07 bits per heavy atom. The first-order chi connectivity index (χ1) is 12.9. The fourth-order valence-corrected chi connectivity index (χ4v) is 3.70. The molecular formula is C21H23ClN4O. The van der Waals surface area contributed by atoms with Crippen LogP contribution < -0.4 is 16.0 Å². The van der Waals surface area contributed by atoms with E-state index in [1.807, 2.05) is 19.1 Å². The minimum Gasteiger partial charge on any atom is -0.370 e. The number of aryl methyl sites for hydroxylation is 1. The molecule has 0 fully saturated rings. The Kier molecular flexibility index (Phi) is 5.69. The Morgan fingerprint density at radius 3 is 2.78 bits per heavy atom. The summed E-state index contributed by atoms with van der Waals surface area (Å²) in [6, 6.07) is 12.8. The van der Waals surface area contributed by atoms with E-state index in [9.17, 15) is 10.1 Å². The number of carbonyl (C=O) groups excluding carboxylic acids is 1. The van der Waals surface area contributed by atoms with Crippen LogP contribution in [0, 0.1) is 18.3 Å². The van der Waals surface area contributed by atoms with Gasteiger partial charge in [0.05, 0.1) is 16.9 Å². The van der Waals surface area contributed by atoms with Gasteiger partial charge in [0, 0.05) is 17.6 Å². The minimum atomic E-state index is -0.453. The summed E-state index contributed by atoms with van der Waals surface area (Å²) in [6.45, 7) is 6.89. The number of hydrogen-bond acceptors (Lipinski definition) is 4. The molecule has 1 heterocycles. The van der Waals surface area contributed by atoms with Crippen molar-refractivity contribution in [2.75, 3.05) is 17.2 Å². The van der Waals surface area contributed by atoms with Gasteiger partial charge in [-0.15, -0.1) is 0 Å². The van der Waals surface area contributed by atoms with Gasteiger partial charge < -0.3 is 16.0 Å². The molecule has 3 atom stereocenters. The first-order valence-corrected chi connectivity index (χ1v) is 9.38. The normalized spacial score (nSPS) is 17.9. The fourth-order valence-electron chi connectivity index (χ4n) is 3.47. The summed E-state index contributed by atoms with van der Waals surface area (Å²) in [7, 11) is 0. The topological polar surface area (TPSA) is 76.9 Å². The van der Waals surface area contributed by atoms with Gasteiger partial charge in [-0.1, -0.05) is 30.7 Å². The quantitative estimate of drug-likeness (QED) is 0.729. The van der Waals surface area contributed by atoms with E-state index in [1.54, 1.807) is 18.2 Å². The number of nitrogens with zero attached hydrogens (tertiary/aromatic N) is 1. The van der Waals surface area contributed by atoms with Gasteiger partial charge in [0.25, 0.3) is 0 Å². The zero-order valence-corrected chi connectivity index (χ0v) is 16.4. The number of fused-ring (bicyclic) bond motifs is 1. The zero-order valence-electron chi connectivity index (χ0n) is 15.6. The van der Waals surface area contributed by atoms with Gasteiger partial charge in [-0.3, -0.25) is 4.79 Å². The summed E-state index contributed by atoms with van der Waals surface area (Å²) in [6.07, 6.45) is 0. The molecule has 1 aliphatic heterocycles. The SMILES string of the molecule is Cc1cc(Cl)ccc1[C@H](C)CN[C@H](C)[C@@H]1Nc2c(C#N)cccc2NC1=O. The van der Waals surface area contributed by atoms with E-state index < -0.39 is 6.04 Å². The highest BCUT2D eigenvalue weighted by atomic mass is 35.5. The van der Waals surface area contributed by atoms with E-state index in [0.29, 0.717) is 16.9 Å². The average molecular weight is 383 g/mol. The number of hydrogen-bond donors (Lipinski definition) is 3. The maximum Gasteiger partial charge on any atom is 0.248 e. The standard InChI is InChI=1S/C21H23ClN4O/c1-12-9-16(22)7-8-17(12)13(2)11-24-14(3)19-21(27)25-18-6-4-5-15(10-23)20(18)26-19/h4-9,13-14,19,24,26H,11H2,1-3H3,(H,25,27)/t13-,14-,19+/m1/s1. The van der Waals surface area contributed by atoms with Crippen LogP contribution in [0.1, 0.15) is 36.5 Å². The number of amides is 1. The summed E-state index contributed by atoms with van der Waals surface area (Å²) in [5, 5.41) is 19.6. The van der Waals surface area contributed by atoms with Crippen LogP contribution in [-0.2, 0) is 4.79 Å². The molecule has 2 aromatic carbocycles. The number of para-hydroxylation sites is 1. The highest BCUT2D eigenvalue weighted by molar-refractivity contribution is 6.30. The molecule has 0 saturated carbocycles. The molecule has 1 aliphatic rings. The summed E-state index contributed by atoms with van der Waals surface area (Å²) >= 11 is 6.04. The Bertz CT molecular complexity index is 906. The molecule has 0 spiro atoms. The molecule has 0 bridgehead atoms. The summed E-state index contributed by atoms with van der Waals surface area (Å²) in [4.78, 5) is 12.5. The van der Waals surface area contributed by atoms with Crippen LogP contribution in [0.2, 0.25) is 5.02 Å². The molecule has 0 aliphatic carbocycles. The lowest BCUT2D eigenvalue weighted by atomic mass is 9.95. The van der Waals surface area contributed by atoms with E-state index in [-0.39, 0.29) is 17.9 Å². The second kappa shape index (κ2) is 7.99. The van der Waals surface area contributed by atoms with E-state index in [2.05, 4.69) is 41.9 Å². The van der Waals surface area contributed by atoms with E-state index in [4.69, 9.17) is 11.6 Å². The lowest BCUT2D eigenvalue weighted by molar-refractivity contribution is -0.117. The van der Waals surface area contributed by atoms with Gasteiger partial charge in [0.2, 0.25) is 5.91 Å². The van der Waals surface area contributed by atoms with Gasteiger partial charge in [0.15, 0.2) is 0 Å². The van der Waals surface area contributed by atoms with Gasteiger partial charge in [-0.2, -0.15) is 5.26 Å². The van der Waals surface area contributed by atoms with Crippen molar-refractivity contribution in [1.82, 2.24) is 5.32 Å². The van der Waals surface area contributed by atoms with Crippen LogP contribution in [-0.4, -0.2) is 24.5 Å². The number of nitrogens with one attached hydrogen (secondary N) is 3. The van der Waals surface area contributed by atoms with E-state index in [0.717, 1.165) is 17.1 Å². The Morgan fingerprint density at radius 1 is 1.30 bits per heavy atom. The number of halogens is 1. The van der Waals surface area contributed by atoms with Gasteiger partial charge in [0.1, 0.15) is 12.1 Å². The Hall–Kier alpha value is -2.55. The summed E-state index contributed by atoms with van der Waals surface area (Å²) in [5.41, 5.74) is 4.24. The van der Waals surface area contributed by atoms with Gasteiger partial charge >= 0.3 is 0 Å². The molecular weight excluding hydrogens is 360 g/mol. The molecule has 0 radical (unpaired) electrons. The average Bonchev–Trinajstić information content (AvgIpc) is 2.64. The molecule has 3 rings (SSSR count). The number of benzene rings is 2. The molecule has 6 heteroatoms. The van der Waals surface area contributed by atoms with Crippen LogP contribution >= 0.6 is 11.6 Å². The molecule has 0 unspecified atom stereocenters. The minimum absolute atomic E-state index is 0.104. The third kappa shape index (κ3) is 4.08. The van der Waals surface area contributed by atoms with Crippen molar-refractivity contribution in [2.45, 2.75) is 38.8 Å². The van der Waals surface area contributed by atoms with Crippen LogP contribution in [0.4, 0.5) is 11.4 Å². The zero-order chi connectivity index (χ0) is 19.6. The largest absolute Gasteiger partial charge is 0.370 e. The third-order valence-electron chi connectivity index (χ3n) is 5.03. The predicted molar refractivity (Wildman–Crippen MR) is 109 cm³/mol. The molecule has 3 N–H and O–H groups in total. The molecule has 0 aromatic heterocycles. The molecule has 5 nitrogen and oxygen atoms in total. The molecule has 140 valence electrons. The van der Waals surface area contributed by atoms with E-state index in [1.165, 1.54) is 5.56 Å². The highest BCUT2D eigenvalue weighted by Gasteiger charge is 2.31. The number of carbonyl (C=O) groups is 1. The second-order valence-electron chi connectivity index (χ2n) is 7.05. The number of rotatable bonds is 5. The maximum atomic E-state index is 12.5. The molecule has 27 heavy (non-hydrogen) atoms. The predicted octanol–water partition coefficient (Wildman–Crippen LogP) is 4.03. The van der Waals surface area contributed by atoms with Crippen LogP contribution in [0.3, 0.4) is 0 Å². The lowest BCUT2D eigenvalue weighted by Gasteiger charge is -2.32. The van der Waals surface area contributed by atoms with Crippen molar-refractivity contribution in [3.8, 4) is 6.07 Å². The van der Waals surface area contributed by atoms with Crippen molar-refractivity contribution in [3.05, 3.63) is 58.1 Å². The first-order valence-electron chi connectivity index (χ1n) is 9.00. The van der Waals surface area contributed by atoms with Crippen molar-refractivity contribution >= 4 is 28.9 Å². The van der Waals surface area contributed by atoms with Crippen molar-refractivity contribution in [3.63, 3.8) is 0 Å². The van der Waals surface area contributed by atoms with Crippen molar-refractivity contribution in [2.24, 2.45) is 0 Å². The smallest absolute Gasteiger partial charge is 0.248 e. The van der Waals surface area contributed by atoms with Crippen LogP contribution in [0.5, 0.6) is 0 Å². The Labute approximate surface area is 164 Å². The number of nitriles is 1. The molecule has 1 amide bonds. The first kappa shape index (κ1) is 19.2. The van der Waals surface area contributed by atoms with Crippen LogP contribution in [0.15, 0.2) is 36.4 Å². The molecule has 2 aromatic rings.